The standard InChI is InChI=1S/C18H21N5OS/c1-11-19-17-14(12-7-3-4-8-13(12)25-17)16-20-15(21-23(11)16)18(24)22-9-5-2-6-10-22/h2-10H2,1H3. The molecule has 2 aliphatic rings. The Morgan fingerprint density at radius 1 is 1.04 bits per heavy atom. The summed E-state index contributed by atoms with van der Waals surface area (Å²) in [4.78, 5) is 26.6. The van der Waals surface area contributed by atoms with E-state index in [1.165, 1.54) is 29.7 Å². The molecule has 0 aromatic carbocycles. The van der Waals surface area contributed by atoms with Crippen LogP contribution in [0.4, 0.5) is 0 Å². The molecule has 0 unspecified atom stereocenters. The second-order valence-electron chi connectivity index (χ2n) is 7.07. The van der Waals surface area contributed by atoms with Gasteiger partial charge in [0.15, 0.2) is 5.65 Å². The van der Waals surface area contributed by atoms with Crippen molar-refractivity contribution in [3.63, 3.8) is 0 Å². The first-order chi connectivity index (χ1) is 12.2. The van der Waals surface area contributed by atoms with Gasteiger partial charge in [0.1, 0.15) is 10.7 Å². The maximum Gasteiger partial charge on any atom is 0.293 e. The molecule has 1 aliphatic carbocycles. The van der Waals surface area contributed by atoms with Gasteiger partial charge in [0, 0.05) is 18.0 Å². The fourth-order valence-corrected chi connectivity index (χ4v) is 5.39. The molecular weight excluding hydrogens is 334 g/mol. The number of carbonyl (C=O) groups is 1. The van der Waals surface area contributed by atoms with Gasteiger partial charge in [0.05, 0.1) is 5.39 Å². The monoisotopic (exact) mass is 355 g/mol. The van der Waals surface area contributed by atoms with Crippen LogP contribution in [0.25, 0.3) is 15.9 Å². The zero-order valence-electron chi connectivity index (χ0n) is 14.4. The summed E-state index contributed by atoms with van der Waals surface area (Å²) in [7, 11) is 0. The second kappa shape index (κ2) is 5.76. The van der Waals surface area contributed by atoms with Gasteiger partial charge in [0.2, 0.25) is 5.82 Å². The van der Waals surface area contributed by atoms with Crippen LogP contribution in [0, 0.1) is 6.92 Å². The molecule has 25 heavy (non-hydrogen) atoms. The minimum Gasteiger partial charge on any atom is -0.336 e. The van der Waals surface area contributed by atoms with Crippen molar-refractivity contribution >= 4 is 33.1 Å². The summed E-state index contributed by atoms with van der Waals surface area (Å²) < 4.78 is 1.76. The number of likely N-dealkylation sites (tertiary alicyclic amines) is 1. The van der Waals surface area contributed by atoms with Crippen molar-refractivity contribution in [3.05, 3.63) is 22.1 Å². The molecule has 3 aromatic rings. The third-order valence-electron chi connectivity index (χ3n) is 5.39. The van der Waals surface area contributed by atoms with E-state index in [9.17, 15) is 4.79 Å². The predicted molar refractivity (Wildman–Crippen MR) is 97.3 cm³/mol. The molecule has 1 saturated heterocycles. The lowest BCUT2D eigenvalue weighted by Gasteiger charge is -2.25. The Kier molecular flexibility index (Phi) is 3.51. The Bertz CT molecular complexity index is 983. The highest BCUT2D eigenvalue weighted by Crippen LogP contribution is 2.37. The molecule has 130 valence electrons. The van der Waals surface area contributed by atoms with Gasteiger partial charge in [-0.25, -0.2) is 9.97 Å². The highest BCUT2D eigenvalue weighted by Gasteiger charge is 2.26. The number of aryl methyl sites for hydroxylation is 3. The summed E-state index contributed by atoms with van der Waals surface area (Å²) >= 11 is 1.79. The molecule has 4 heterocycles. The van der Waals surface area contributed by atoms with E-state index in [1.807, 2.05) is 11.8 Å². The number of fused-ring (bicyclic) bond motifs is 5. The smallest absolute Gasteiger partial charge is 0.293 e. The molecule has 0 atom stereocenters. The van der Waals surface area contributed by atoms with Gasteiger partial charge in [-0.15, -0.1) is 16.4 Å². The first-order valence-electron chi connectivity index (χ1n) is 9.19. The summed E-state index contributed by atoms with van der Waals surface area (Å²) in [5.74, 6) is 1.07. The molecule has 0 saturated carbocycles. The molecule has 0 spiro atoms. The molecule has 1 fully saturated rings. The summed E-state index contributed by atoms with van der Waals surface area (Å²) in [6.07, 6.45) is 8.03. The van der Waals surface area contributed by atoms with Gasteiger partial charge < -0.3 is 4.90 Å². The zero-order chi connectivity index (χ0) is 17.0. The minimum atomic E-state index is -0.0416. The Morgan fingerprint density at radius 2 is 1.84 bits per heavy atom. The Labute approximate surface area is 149 Å². The summed E-state index contributed by atoms with van der Waals surface area (Å²) in [5.41, 5.74) is 2.19. The number of piperidine rings is 1. The van der Waals surface area contributed by atoms with E-state index in [-0.39, 0.29) is 5.91 Å². The Hall–Kier alpha value is -2.02. The number of nitrogens with zero attached hydrogens (tertiary/aromatic N) is 5. The predicted octanol–water partition coefficient (Wildman–Crippen LogP) is 3.15. The van der Waals surface area contributed by atoms with Crippen molar-refractivity contribution in [2.24, 2.45) is 0 Å². The normalized spacial score (nSPS) is 18.0. The topological polar surface area (TPSA) is 63.4 Å². The SMILES string of the molecule is Cc1nc2sc3c(c2c2nc(C(=O)N4CCCCC4)nn12)CCCC3. The third-order valence-corrected chi connectivity index (χ3v) is 6.57. The zero-order valence-corrected chi connectivity index (χ0v) is 15.2. The molecule has 5 rings (SSSR count). The highest BCUT2D eigenvalue weighted by atomic mass is 32.1. The minimum absolute atomic E-state index is 0.0416. The fraction of sp³-hybridized carbons (Fsp3) is 0.556. The molecule has 1 amide bonds. The number of thiophene rings is 1. The van der Waals surface area contributed by atoms with Gasteiger partial charge in [-0.3, -0.25) is 4.79 Å². The van der Waals surface area contributed by atoms with E-state index in [1.54, 1.807) is 15.9 Å². The van der Waals surface area contributed by atoms with Crippen molar-refractivity contribution in [1.29, 1.82) is 0 Å². The van der Waals surface area contributed by atoms with Crippen LogP contribution in [0.1, 0.15) is 59.0 Å². The Balaban J connectivity index is 1.67. The molecule has 0 radical (unpaired) electrons. The largest absolute Gasteiger partial charge is 0.336 e. The molecule has 3 aromatic heterocycles. The number of amides is 1. The first-order valence-corrected chi connectivity index (χ1v) is 10.0. The van der Waals surface area contributed by atoms with Crippen molar-refractivity contribution in [2.45, 2.75) is 51.9 Å². The van der Waals surface area contributed by atoms with E-state index in [0.717, 1.165) is 60.5 Å². The van der Waals surface area contributed by atoms with E-state index in [2.05, 4.69) is 10.1 Å². The quantitative estimate of drug-likeness (QED) is 0.673. The van der Waals surface area contributed by atoms with Gasteiger partial charge in [-0.1, -0.05) is 0 Å². The molecule has 0 bridgehead atoms. The van der Waals surface area contributed by atoms with E-state index >= 15 is 0 Å². The van der Waals surface area contributed by atoms with Crippen LogP contribution in [0.5, 0.6) is 0 Å². The molecule has 0 N–H and O–H groups in total. The number of rotatable bonds is 1. The molecule has 7 heteroatoms. The van der Waals surface area contributed by atoms with Crippen molar-refractivity contribution in [2.75, 3.05) is 13.1 Å². The fourth-order valence-electron chi connectivity index (χ4n) is 4.08. The van der Waals surface area contributed by atoms with E-state index in [4.69, 9.17) is 4.98 Å². The molecule has 6 nitrogen and oxygen atoms in total. The Morgan fingerprint density at radius 3 is 2.68 bits per heavy atom. The third kappa shape index (κ3) is 2.36. The van der Waals surface area contributed by atoms with Gasteiger partial charge in [-0.05, 0) is 57.4 Å². The lowest BCUT2D eigenvalue weighted by Crippen LogP contribution is -2.36. The van der Waals surface area contributed by atoms with E-state index in [0.29, 0.717) is 5.82 Å². The van der Waals surface area contributed by atoms with Gasteiger partial charge in [-0.2, -0.15) is 4.52 Å². The van der Waals surface area contributed by atoms with Gasteiger partial charge >= 0.3 is 0 Å². The summed E-state index contributed by atoms with van der Waals surface area (Å²) in [6.45, 7) is 3.57. The highest BCUT2D eigenvalue weighted by molar-refractivity contribution is 7.19. The number of carbonyl (C=O) groups excluding carboxylic acids is 1. The maximum atomic E-state index is 12.8. The molecular formula is C18H21N5OS. The summed E-state index contributed by atoms with van der Waals surface area (Å²) in [6, 6.07) is 0. The first kappa shape index (κ1) is 15.3. The van der Waals surface area contributed by atoms with Crippen LogP contribution in [0.2, 0.25) is 0 Å². The van der Waals surface area contributed by atoms with E-state index < -0.39 is 0 Å². The van der Waals surface area contributed by atoms with Crippen LogP contribution >= 0.6 is 11.3 Å². The van der Waals surface area contributed by atoms with Crippen LogP contribution in [-0.4, -0.2) is 43.5 Å². The lowest BCUT2D eigenvalue weighted by atomic mass is 9.97. The summed E-state index contributed by atoms with van der Waals surface area (Å²) in [5, 5.41) is 5.64. The second-order valence-corrected chi connectivity index (χ2v) is 8.16. The average Bonchev–Trinajstić information content (AvgIpc) is 3.23. The van der Waals surface area contributed by atoms with Crippen molar-refractivity contribution < 1.29 is 4.79 Å². The van der Waals surface area contributed by atoms with Crippen LogP contribution in [-0.2, 0) is 12.8 Å². The molecule has 1 aliphatic heterocycles. The number of hydrogen-bond donors (Lipinski definition) is 0. The van der Waals surface area contributed by atoms with Gasteiger partial charge in [0.25, 0.3) is 5.91 Å². The van der Waals surface area contributed by atoms with Crippen LogP contribution < -0.4 is 0 Å². The van der Waals surface area contributed by atoms with Crippen molar-refractivity contribution in [3.8, 4) is 0 Å². The average molecular weight is 355 g/mol. The van der Waals surface area contributed by atoms with Crippen LogP contribution in [0.15, 0.2) is 0 Å². The van der Waals surface area contributed by atoms with Crippen molar-refractivity contribution in [1.82, 2.24) is 24.5 Å². The number of aromatic nitrogens is 4. The maximum absolute atomic E-state index is 12.8. The van der Waals surface area contributed by atoms with Crippen LogP contribution in [0.3, 0.4) is 0 Å². The number of hydrogen-bond acceptors (Lipinski definition) is 5. The lowest BCUT2D eigenvalue weighted by molar-refractivity contribution is 0.0712.